The quantitative estimate of drug-likeness (QED) is 0.317. The van der Waals surface area contributed by atoms with Gasteiger partial charge < -0.3 is 4.74 Å². The molecule has 9 heavy (non-hydrogen) atoms. The second-order valence-electron chi connectivity index (χ2n) is 1.35. The van der Waals surface area contributed by atoms with E-state index in [1.807, 2.05) is 0 Å². The van der Waals surface area contributed by atoms with Gasteiger partial charge in [0, 0.05) is 5.57 Å². The Balaban J connectivity index is 0. The van der Waals surface area contributed by atoms with Gasteiger partial charge in [0.25, 0.3) is 0 Å². The van der Waals surface area contributed by atoms with Crippen LogP contribution in [0.3, 0.4) is 0 Å². The predicted molar refractivity (Wildman–Crippen MR) is 39.6 cm³/mol. The fourth-order valence-corrected chi connectivity index (χ4v) is 0.176. The van der Waals surface area contributed by atoms with Crippen molar-refractivity contribution in [2.75, 3.05) is 0 Å². The van der Waals surface area contributed by atoms with Crippen LogP contribution in [-0.4, -0.2) is 33.3 Å². The average molecular weight is 321 g/mol. The van der Waals surface area contributed by atoms with Gasteiger partial charge in [-0.3, -0.25) is 0 Å². The van der Waals surface area contributed by atoms with Crippen LogP contribution in [0.2, 0.25) is 0 Å². The summed E-state index contributed by atoms with van der Waals surface area (Å²) in [7, 11) is 0. The molecule has 2 nitrogen and oxygen atoms in total. The van der Waals surface area contributed by atoms with Crippen molar-refractivity contribution in [3.8, 4) is 0 Å². The molecule has 0 bridgehead atoms. The molecule has 0 spiro atoms. The monoisotopic (exact) mass is 322 g/mol. The number of carbonyl (C=O) groups excluding carboxylic acids is 1. The fraction of sp³-hybridized carbons (Fsp3) is 0.167. The Labute approximate surface area is 74.7 Å². The molecule has 0 aromatic heterocycles. The van der Waals surface area contributed by atoms with Gasteiger partial charge in [-0.2, -0.15) is 0 Å². The third-order valence-corrected chi connectivity index (χ3v) is 0.539. The van der Waals surface area contributed by atoms with E-state index in [1.54, 1.807) is 6.92 Å². The van der Waals surface area contributed by atoms with E-state index in [4.69, 9.17) is 0 Å². The van der Waals surface area contributed by atoms with Crippen molar-refractivity contribution in [3.05, 3.63) is 25.0 Å². The van der Waals surface area contributed by atoms with E-state index in [0.29, 0.717) is 5.57 Å². The van der Waals surface area contributed by atoms with Gasteiger partial charge in [-0.1, -0.05) is 13.2 Å². The first kappa shape index (κ1) is 11.6. The van der Waals surface area contributed by atoms with E-state index in [-0.39, 0.29) is 27.3 Å². The summed E-state index contributed by atoms with van der Waals surface area (Å²) in [4.78, 5) is 10.3. The van der Waals surface area contributed by atoms with Crippen LogP contribution in [0.5, 0.6) is 0 Å². The molecule has 0 saturated carbocycles. The summed E-state index contributed by atoms with van der Waals surface area (Å²) in [5.41, 5.74) is 0.380. The van der Waals surface area contributed by atoms with Gasteiger partial charge in [-0.25, -0.2) is 4.79 Å². The summed E-state index contributed by atoms with van der Waals surface area (Å²) in [5, 5.41) is 0. The summed E-state index contributed by atoms with van der Waals surface area (Å²) in [6.45, 7) is 8.13. The van der Waals surface area contributed by atoms with E-state index in [9.17, 15) is 4.79 Å². The minimum atomic E-state index is -0.431. The molecule has 0 aromatic carbocycles. The van der Waals surface area contributed by atoms with Gasteiger partial charge in [0.05, 0.1) is 6.26 Å². The summed E-state index contributed by atoms with van der Waals surface area (Å²) in [5.74, 6) is -0.431. The van der Waals surface area contributed by atoms with Crippen molar-refractivity contribution >= 4 is 33.3 Å². The minimum absolute atomic E-state index is 0. The maximum absolute atomic E-state index is 10.3. The summed E-state index contributed by atoms with van der Waals surface area (Å²) in [6, 6.07) is 0. The summed E-state index contributed by atoms with van der Waals surface area (Å²) in [6.07, 6.45) is 1.08. The normalized spacial score (nSPS) is 6.78. The van der Waals surface area contributed by atoms with Crippen LogP contribution in [0.25, 0.3) is 0 Å². The van der Waals surface area contributed by atoms with Crippen molar-refractivity contribution in [3.63, 3.8) is 0 Å². The van der Waals surface area contributed by atoms with Crippen LogP contribution in [-0.2, 0) is 9.53 Å². The van der Waals surface area contributed by atoms with Gasteiger partial charge in [0.2, 0.25) is 0 Å². The Bertz CT molecular complexity index is 129. The zero-order valence-corrected chi connectivity index (χ0v) is 11.0. The third kappa shape index (κ3) is 5.75. The van der Waals surface area contributed by atoms with Crippen LogP contribution in [0, 0.1) is 0 Å². The SMILES string of the molecule is C=COC(=O)C(=C)C.[PbH2]. The van der Waals surface area contributed by atoms with E-state index in [2.05, 4.69) is 17.9 Å². The molecule has 50 valence electrons. The van der Waals surface area contributed by atoms with Crippen molar-refractivity contribution < 1.29 is 9.53 Å². The molecule has 0 unspecified atom stereocenters. The standard InChI is InChI=1S/C6H8O2.Pb.2H/c1-4-8-6(7)5(2)3;;;/h4H,1-2H2,3H3;;;. The van der Waals surface area contributed by atoms with Crippen LogP contribution in [0.4, 0.5) is 0 Å². The van der Waals surface area contributed by atoms with Crippen LogP contribution in [0.1, 0.15) is 6.92 Å². The summed E-state index contributed by atoms with van der Waals surface area (Å²) < 4.78 is 4.33. The zero-order valence-electron chi connectivity index (χ0n) is 5.52. The molecule has 2 radical (unpaired) electrons. The number of rotatable bonds is 2. The van der Waals surface area contributed by atoms with E-state index in [1.165, 1.54) is 0 Å². The van der Waals surface area contributed by atoms with E-state index in [0.717, 1.165) is 6.26 Å². The molecular weight excluding hydrogens is 311 g/mol. The van der Waals surface area contributed by atoms with Gasteiger partial charge in [0.1, 0.15) is 0 Å². The predicted octanol–water partition coefficient (Wildman–Crippen LogP) is 0.333. The second-order valence-corrected chi connectivity index (χ2v) is 1.35. The Kier molecular flexibility index (Phi) is 7.76. The van der Waals surface area contributed by atoms with Crippen molar-refractivity contribution in [1.82, 2.24) is 0 Å². The van der Waals surface area contributed by atoms with Crippen molar-refractivity contribution in [1.29, 1.82) is 0 Å². The fourth-order valence-electron chi connectivity index (χ4n) is 0.176. The van der Waals surface area contributed by atoms with Crippen molar-refractivity contribution in [2.24, 2.45) is 0 Å². The second kappa shape index (κ2) is 6.00. The molecule has 0 aromatic rings. The van der Waals surface area contributed by atoms with Crippen LogP contribution in [0.15, 0.2) is 25.0 Å². The van der Waals surface area contributed by atoms with E-state index >= 15 is 0 Å². The zero-order chi connectivity index (χ0) is 6.57. The van der Waals surface area contributed by atoms with Gasteiger partial charge >= 0.3 is 33.3 Å². The number of ether oxygens (including phenoxy) is 1. The van der Waals surface area contributed by atoms with Crippen LogP contribution < -0.4 is 0 Å². The number of carbonyl (C=O) groups is 1. The molecule has 0 amide bonds. The molecule has 0 aliphatic carbocycles. The topological polar surface area (TPSA) is 26.3 Å². The number of hydrogen-bond donors (Lipinski definition) is 0. The average Bonchev–Trinajstić information content (AvgIpc) is 1.67. The van der Waals surface area contributed by atoms with Gasteiger partial charge in [-0.15, -0.1) is 0 Å². The third-order valence-electron chi connectivity index (χ3n) is 0.539. The molecule has 0 fully saturated rings. The number of esters is 1. The molecule has 0 saturated heterocycles. The van der Waals surface area contributed by atoms with Gasteiger partial charge in [-0.05, 0) is 6.92 Å². The summed E-state index contributed by atoms with van der Waals surface area (Å²) >= 11 is 0. The van der Waals surface area contributed by atoms with Crippen molar-refractivity contribution in [2.45, 2.75) is 6.92 Å². The molecular formula is C6H10O2Pb. The molecule has 3 heteroatoms. The van der Waals surface area contributed by atoms with Gasteiger partial charge in [0.15, 0.2) is 0 Å². The molecule has 0 rings (SSSR count). The maximum atomic E-state index is 10.3. The Morgan fingerprint density at radius 2 is 2.11 bits per heavy atom. The first-order valence-electron chi connectivity index (χ1n) is 2.16. The molecule has 0 heterocycles. The molecule has 0 aliphatic heterocycles. The molecule has 0 aliphatic rings. The molecule has 0 atom stereocenters. The Hall–Kier alpha value is -0.128. The molecule has 0 N–H and O–H groups in total. The first-order valence-corrected chi connectivity index (χ1v) is 2.16. The first-order chi connectivity index (χ1) is 3.68. The van der Waals surface area contributed by atoms with Crippen LogP contribution >= 0.6 is 0 Å². The Morgan fingerprint density at radius 3 is 2.22 bits per heavy atom. The van der Waals surface area contributed by atoms with E-state index < -0.39 is 5.97 Å². The number of hydrogen-bond acceptors (Lipinski definition) is 2. The Morgan fingerprint density at radius 1 is 1.67 bits per heavy atom.